The van der Waals surface area contributed by atoms with Crippen LogP contribution in [0, 0.1) is 5.92 Å². The van der Waals surface area contributed by atoms with Gasteiger partial charge in [-0.15, -0.1) is 0 Å². The fraction of sp³-hybridized carbons (Fsp3) is 0.882. The van der Waals surface area contributed by atoms with E-state index in [1.807, 2.05) is 41.5 Å². The smallest absolute Gasteiger partial charge is 0.407 e. The molecule has 1 rings (SSSR count). The number of nitrogens with one attached hydrogen (secondary N) is 3. The second-order valence-corrected chi connectivity index (χ2v) is 7.71. The van der Waals surface area contributed by atoms with Gasteiger partial charge in [0.2, 0.25) is 5.91 Å². The Morgan fingerprint density at radius 3 is 2.48 bits per heavy atom. The molecule has 0 saturated carbocycles. The van der Waals surface area contributed by atoms with Crippen molar-refractivity contribution in [2.75, 3.05) is 6.54 Å². The van der Waals surface area contributed by atoms with Crippen LogP contribution in [0.4, 0.5) is 4.79 Å². The zero-order valence-electron chi connectivity index (χ0n) is 15.4. The molecule has 3 unspecified atom stereocenters. The summed E-state index contributed by atoms with van der Waals surface area (Å²) in [6.07, 6.45) is 2.44. The fourth-order valence-corrected chi connectivity index (χ4v) is 2.83. The van der Waals surface area contributed by atoms with Gasteiger partial charge in [-0.1, -0.05) is 13.8 Å². The summed E-state index contributed by atoms with van der Waals surface area (Å²) in [6, 6.07) is -0.341. The Hall–Kier alpha value is -1.30. The molecule has 0 aromatic heterocycles. The van der Waals surface area contributed by atoms with E-state index in [2.05, 4.69) is 16.0 Å². The summed E-state index contributed by atoms with van der Waals surface area (Å²) in [4.78, 5) is 24.1. The van der Waals surface area contributed by atoms with Crippen LogP contribution < -0.4 is 16.0 Å². The fourth-order valence-electron chi connectivity index (χ4n) is 2.83. The highest BCUT2D eigenvalue weighted by Crippen LogP contribution is 2.13. The van der Waals surface area contributed by atoms with Gasteiger partial charge in [-0.05, 0) is 52.9 Å². The molecule has 0 aliphatic carbocycles. The lowest BCUT2D eigenvalue weighted by Crippen LogP contribution is -2.56. The Morgan fingerprint density at radius 1 is 1.26 bits per heavy atom. The predicted molar refractivity (Wildman–Crippen MR) is 91.2 cm³/mol. The lowest BCUT2D eigenvalue weighted by atomic mass is 9.96. The Labute approximate surface area is 140 Å². The van der Waals surface area contributed by atoms with Crippen LogP contribution in [0.1, 0.15) is 60.8 Å². The topological polar surface area (TPSA) is 79.5 Å². The molecule has 1 fully saturated rings. The van der Waals surface area contributed by atoms with Gasteiger partial charge in [0.15, 0.2) is 0 Å². The van der Waals surface area contributed by atoms with Gasteiger partial charge in [0.05, 0.1) is 6.04 Å². The molecule has 2 amide bonds. The molecule has 0 aromatic carbocycles. The number of alkyl carbamates (subject to hydrolysis) is 1. The van der Waals surface area contributed by atoms with Crippen molar-refractivity contribution in [3.63, 3.8) is 0 Å². The van der Waals surface area contributed by atoms with E-state index >= 15 is 0 Å². The molecule has 0 aromatic rings. The van der Waals surface area contributed by atoms with Crippen molar-refractivity contribution in [3.8, 4) is 0 Å². The minimum absolute atomic E-state index is 0.0311. The van der Waals surface area contributed by atoms with E-state index < -0.39 is 11.7 Å². The molecule has 1 aliphatic rings. The maximum absolute atomic E-state index is 12.1. The van der Waals surface area contributed by atoms with Crippen molar-refractivity contribution >= 4 is 12.0 Å². The lowest BCUT2D eigenvalue weighted by molar-refractivity contribution is -0.123. The van der Waals surface area contributed by atoms with E-state index in [1.54, 1.807) is 0 Å². The molecule has 1 heterocycles. The van der Waals surface area contributed by atoms with E-state index in [0.29, 0.717) is 0 Å². The number of hydrogen-bond acceptors (Lipinski definition) is 4. The number of carbonyl (C=O) groups excluding carboxylic acids is 2. The van der Waals surface area contributed by atoms with Crippen molar-refractivity contribution in [1.82, 2.24) is 16.0 Å². The Bertz CT molecular complexity index is 404. The van der Waals surface area contributed by atoms with Gasteiger partial charge in [0, 0.05) is 18.6 Å². The molecule has 3 N–H and O–H groups in total. The first-order valence-electron chi connectivity index (χ1n) is 8.63. The van der Waals surface area contributed by atoms with Crippen LogP contribution >= 0.6 is 0 Å². The normalized spacial score (nSPS) is 22.0. The SMILES string of the molecule is CC(C)C(NC(=O)OC(C)(C)C)C(C)NC1CCCCNC1=O. The molecule has 0 spiro atoms. The molecule has 0 bridgehead atoms. The van der Waals surface area contributed by atoms with Gasteiger partial charge < -0.3 is 20.7 Å². The Kier molecular flexibility index (Phi) is 7.32. The largest absolute Gasteiger partial charge is 0.444 e. The number of carbonyl (C=O) groups is 2. The molecule has 3 atom stereocenters. The summed E-state index contributed by atoms with van der Waals surface area (Å²) in [5.74, 6) is 0.271. The third-order valence-electron chi connectivity index (χ3n) is 3.94. The summed E-state index contributed by atoms with van der Waals surface area (Å²) >= 11 is 0. The van der Waals surface area contributed by atoms with Crippen molar-refractivity contribution in [2.45, 2.75) is 84.5 Å². The van der Waals surface area contributed by atoms with Crippen molar-refractivity contribution in [3.05, 3.63) is 0 Å². The van der Waals surface area contributed by atoms with E-state index in [4.69, 9.17) is 4.74 Å². The number of amides is 2. The first kappa shape index (κ1) is 19.7. The third kappa shape index (κ3) is 7.20. The van der Waals surface area contributed by atoms with E-state index in [-0.39, 0.29) is 30.0 Å². The molecule has 1 aliphatic heterocycles. The highest BCUT2D eigenvalue weighted by Gasteiger charge is 2.29. The van der Waals surface area contributed by atoms with Gasteiger partial charge >= 0.3 is 6.09 Å². The van der Waals surface area contributed by atoms with Crippen molar-refractivity contribution in [2.24, 2.45) is 5.92 Å². The molecule has 134 valence electrons. The summed E-state index contributed by atoms with van der Waals surface area (Å²) in [6.45, 7) is 12.4. The highest BCUT2D eigenvalue weighted by atomic mass is 16.6. The minimum Gasteiger partial charge on any atom is -0.444 e. The van der Waals surface area contributed by atoms with Crippen LogP contribution in [0.2, 0.25) is 0 Å². The van der Waals surface area contributed by atoms with Gasteiger partial charge in [0.25, 0.3) is 0 Å². The molecular formula is C17H33N3O3. The summed E-state index contributed by atoms with van der Waals surface area (Å²) in [5.41, 5.74) is -0.524. The van der Waals surface area contributed by atoms with E-state index in [9.17, 15) is 9.59 Å². The van der Waals surface area contributed by atoms with Crippen LogP contribution in [0.25, 0.3) is 0 Å². The summed E-state index contributed by atoms with van der Waals surface area (Å²) < 4.78 is 5.34. The molecular weight excluding hydrogens is 294 g/mol. The quantitative estimate of drug-likeness (QED) is 0.723. The van der Waals surface area contributed by atoms with E-state index in [0.717, 1.165) is 25.8 Å². The first-order valence-corrected chi connectivity index (χ1v) is 8.63. The summed E-state index contributed by atoms with van der Waals surface area (Å²) in [7, 11) is 0. The Morgan fingerprint density at radius 2 is 1.91 bits per heavy atom. The lowest BCUT2D eigenvalue weighted by Gasteiger charge is -2.32. The van der Waals surface area contributed by atoms with Crippen molar-refractivity contribution < 1.29 is 14.3 Å². The molecule has 23 heavy (non-hydrogen) atoms. The first-order chi connectivity index (χ1) is 10.6. The molecule has 1 saturated heterocycles. The van der Waals surface area contributed by atoms with Crippen LogP contribution in [-0.2, 0) is 9.53 Å². The zero-order valence-corrected chi connectivity index (χ0v) is 15.4. The summed E-state index contributed by atoms with van der Waals surface area (Å²) in [5, 5.41) is 9.24. The molecule has 0 radical (unpaired) electrons. The molecule has 6 nitrogen and oxygen atoms in total. The van der Waals surface area contributed by atoms with Crippen molar-refractivity contribution in [1.29, 1.82) is 0 Å². The average molecular weight is 327 g/mol. The van der Waals surface area contributed by atoms with Gasteiger partial charge in [-0.3, -0.25) is 4.79 Å². The van der Waals surface area contributed by atoms with Crippen LogP contribution in [0.5, 0.6) is 0 Å². The second kappa shape index (κ2) is 8.52. The predicted octanol–water partition coefficient (Wildman–Crippen LogP) is 2.18. The van der Waals surface area contributed by atoms with Crippen LogP contribution in [0.3, 0.4) is 0 Å². The maximum Gasteiger partial charge on any atom is 0.407 e. The zero-order chi connectivity index (χ0) is 17.6. The van der Waals surface area contributed by atoms with E-state index in [1.165, 1.54) is 0 Å². The van der Waals surface area contributed by atoms with Gasteiger partial charge in [-0.2, -0.15) is 0 Å². The second-order valence-electron chi connectivity index (χ2n) is 7.71. The third-order valence-corrected chi connectivity index (χ3v) is 3.94. The highest BCUT2D eigenvalue weighted by molar-refractivity contribution is 5.82. The van der Waals surface area contributed by atoms with Gasteiger partial charge in [-0.25, -0.2) is 4.79 Å². The maximum atomic E-state index is 12.1. The van der Waals surface area contributed by atoms with Crippen LogP contribution in [-0.4, -0.2) is 42.3 Å². The number of hydrogen-bond donors (Lipinski definition) is 3. The van der Waals surface area contributed by atoms with Gasteiger partial charge in [0.1, 0.15) is 5.60 Å². The van der Waals surface area contributed by atoms with Crippen LogP contribution in [0.15, 0.2) is 0 Å². The molecule has 6 heteroatoms. The number of rotatable bonds is 5. The average Bonchev–Trinajstić information content (AvgIpc) is 2.59. The Balaban J connectivity index is 2.65. The minimum atomic E-state index is -0.524. The monoisotopic (exact) mass is 327 g/mol. The number of ether oxygens (including phenoxy) is 1. The standard InChI is InChI=1S/C17H33N3O3/c1-11(2)14(20-16(22)23-17(4,5)6)12(3)19-13-9-7-8-10-18-15(13)21/h11-14,19H,7-10H2,1-6H3,(H,18,21)(H,20,22).